The van der Waals surface area contributed by atoms with E-state index in [1.54, 1.807) is 9.80 Å². The van der Waals surface area contributed by atoms with Gasteiger partial charge >= 0.3 is 12.1 Å². The zero-order valence-electron chi connectivity index (χ0n) is 9.51. The van der Waals surface area contributed by atoms with Gasteiger partial charge in [-0.05, 0) is 6.92 Å². The fraction of sp³-hybridized carbons (Fsp3) is 0.778. The minimum Gasteiger partial charge on any atom is -0.314 e. The summed E-state index contributed by atoms with van der Waals surface area (Å²) < 4.78 is 0. The summed E-state index contributed by atoms with van der Waals surface area (Å²) in [7, 11) is 0. The molecular formula is C9H16N4O2S2. The van der Waals surface area contributed by atoms with E-state index in [-0.39, 0.29) is 18.2 Å². The number of carbonyl (C=O) groups is 2. The van der Waals surface area contributed by atoms with Crippen LogP contribution in [0.3, 0.4) is 0 Å². The number of rotatable bonds is 4. The van der Waals surface area contributed by atoms with Gasteiger partial charge in [0.1, 0.15) is 6.17 Å². The molecule has 2 saturated heterocycles. The van der Waals surface area contributed by atoms with E-state index < -0.39 is 5.66 Å². The Balaban J connectivity index is 2.30. The maximum absolute atomic E-state index is 11.8. The van der Waals surface area contributed by atoms with E-state index in [1.165, 1.54) is 0 Å². The second kappa shape index (κ2) is 4.49. The van der Waals surface area contributed by atoms with Crippen LogP contribution in [-0.4, -0.2) is 58.3 Å². The smallest absolute Gasteiger partial charge is 0.314 e. The standard InChI is InChI=1S/C9H16N4O2S2/c1-9-6(10-7(14)12(9)2-4-16)11-8(15)13(9)3-5-17/h6,16-17H,2-5H2,1H3,(H,10,14)(H,11,15). The highest BCUT2D eigenvalue weighted by Crippen LogP contribution is 2.33. The molecule has 0 bridgehead atoms. The number of hydrogen-bond acceptors (Lipinski definition) is 4. The first-order valence-corrected chi connectivity index (χ1v) is 6.70. The van der Waals surface area contributed by atoms with Gasteiger partial charge in [-0.3, -0.25) is 9.80 Å². The molecule has 2 aliphatic rings. The lowest BCUT2D eigenvalue weighted by Crippen LogP contribution is -2.58. The number of carbonyl (C=O) groups excluding carboxylic acids is 2. The predicted molar refractivity (Wildman–Crippen MR) is 70.4 cm³/mol. The first-order chi connectivity index (χ1) is 8.05. The van der Waals surface area contributed by atoms with Crippen LogP contribution in [0.1, 0.15) is 6.92 Å². The lowest BCUT2D eigenvalue weighted by molar-refractivity contribution is 0.0539. The predicted octanol–water partition coefficient (Wildman–Crippen LogP) is -0.0613. The van der Waals surface area contributed by atoms with Crippen LogP contribution in [-0.2, 0) is 0 Å². The van der Waals surface area contributed by atoms with Crippen molar-refractivity contribution in [1.82, 2.24) is 20.4 Å². The summed E-state index contributed by atoms with van der Waals surface area (Å²) in [5.74, 6) is 1.11. The number of thiol groups is 2. The van der Waals surface area contributed by atoms with Gasteiger partial charge in [0.25, 0.3) is 0 Å². The number of fused-ring (bicyclic) bond motifs is 1. The quantitative estimate of drug-likeness (QED) is 0.544. The first kappa shape index (κ1) is 12.7. The molecule has 2 rings (SSSR count). The molecule has 4 amide bonds. The van der Waals surface area contributed by atoms with Crippen molar-refractivity contribution in [3.05, 3.63) is 0 Å². The zero-order valence-corrected chi connectivity index (χ0v) is 11.3. The highest BCUT2D eigenvalue weighted by molar-refractivity contribution is 7.80. The van der Waals surface area contributed by atoms with Gasteiger partial charge in [0.15, 0.2) is 5.66 Å². The fourth-order valence-corrected chi connectivity index (χ4v) is 2.84. The second-order valence-electron chi connectivity index (χ2n) is 4.18. The van der Waals surface area contributed by atoms with Crippen molar-refractivity contribution in [3.63, 3.8) is 0 Å². The lowest BCUT2D eigenvalue weighted by atomic mass is 10.1. The maximum atomic E-state index is 11.8. The van der Waals surface area contributed by atoms with Gasteiger partial charge < -0.3 is 10.6 Å². The summed E-state index contributed by atoms with van der Waals surface area (Å²) in [4.78, 5) is 26.9. The van der Waals surface area contributed by atoms with Crippen LogP contribution in [0.2, 0.25) is 0 Å². The van der Waals surface area contributed by atoms with E-state index in [0.717, 1.165) is 0 Å². The minimum atomic E-state index is -0.667. The summed E-state index contributed by atoms with van der Waals surface area (Å²) in [6.07, 6.45) is -0.373. The lowest BCUT2D eigenvalue weighted by Gasteiger charge is -2.39. The molecule has 0 aromatic carbocycles. The molecule has 0 atom stereocenters. The molecule has 2 fully saturated rings. The van der Waals surface area contributed by atoms with Crippen LogP contribution >= 0.6 is 25.3 Å². The molecule has 0 aromatic rings. The van der Waals surface area contributed by atoms with Gasteiger partial charge in [-0.1, -0.05) is 0 Å². The minimum absolute atomic E-state index is 0.171. The van der Waals surface area contributed by atoms with Crippen LogP contribution in [0.15, 0.2) is 0 Å². The molecule has 17 heavy (non-hydrogen) atoms. The van der Waals surface area contributed by atoms with Crippen LogP contribution in [0.4, 0.5) is 9.59 Å². The Labute approximate surface area is 111 Å². The van der Waals surface area contributed by atoms with Crippen molar-refractivity contribution < 1.29 is 9.59 Å². The second-order valence-corrected chi connectivity index (χ2v) is 5.07. The summed E-state index contributed by atoms with van der Waals surface area (Å²) in [6.45, 7) is 2.88. The Bertz CT molecular complexity index is 324. The maximum Gasteiger partial charge on any atom is 0.321 e. The topological polar surface area (TPSA) is 64.7 Å². The number of amides is 4. The Kier molecular flexibility index (Phi) is 3.35. The third kappa shape index (κ3) is 1.74. The van der Waals surface area contributed by atoms with Crippen molar-refractivity contribution in [3.8, 4) is 0 Å². The molecule has 96 valence electrons. The van der Waals surface area contributed by atoms with Crippen LogP contribution in [0.5, 0.6) is 0 Å². The molecule has 0 saturated carbocycles. The van der Waals surface area contributed by atoms with E-state index in [0.29, 0.717) is 24.6 Å². The van der Waals surface area contributed by atoms with Crippen LogP contribution in [0.25, 0.3) is 0 Å². The van der Waals surface area contributed by atoms with Gasteiger partial charge in [0.05, 0.1) is 0 Å². The van der Waals surface area contributed by atoms with Crippen LogP contribution < -0.4 is 10.6 Å². The van der Waals surface area contributed by atoms with Gasteiger partial charge in [0, 0.05) is 24.6 Å². The van der Waals surface area contributed by atoms with Gasteiger partial charge in [0.2, 0.25) is 0 Å². The monoisotopic (exact) mass is 276 g/mol. The molecule has 0 spiro atoms. The summed E-state index contributed by atoms with van der Waals surface area (Å²) in [5.41, 5.74) is -0.667. The largest absolute Gasteiger partial charge is 0.321 e. The van der Waals surface area contributed by atoms with E-state index in [9.17, 15) is 9.59 Å². The molecule has 0 aromatic heterocycles. The Morgan fingerprint density at radius 1 is 1.12 bits per heavy atom. The molecule has 8 heteroatoms. The summed E-state index contributed by atoms with van der Waals surface area (Å²) >= 11 is 8.29. The van der Waals surface area contributed by atoms with E-state index in [2.05, 4.69) is 35.9 Å². The molecule has 6 nitrogen and oxygen atoms in total. The van der Waals surface area contributed by atoms with Gasteiger partial charge in [-0.2, -0.15) is 25.3 Å². The number of nitrogens with zero attached hydrogens (tertiary/aromatic N) is 2. The van der Waals surface area contributed by atoms with E-state index in [1.807, 2.05) is 6.92 Å². The van der Waals surface area contributed by atoms with Crippen molar-refractivity contribution >= 4 is 37.3 Å². The molecular weight excluding hydrogens is 260 g/mol. The van der Waals surface area contributed by atoms with Gasteiger partial charge in [-0.15, -0.1) is 0 Å². The third-order valence-electron chi connectivity index (χ3n) is 3.31. The molecule has 0 radical (unpaired) electrons. The SMILES string of the molecule is CC12C(NC(=O)N1CCS)NC(=O)N2CCS. The highest BCUT2D eigenvalue weighted by Gasteiger charge is 2.59. The fourth-order valence-electron chi connectivity index (χ4n) is 2.44. The highest BCUT2D eigenvalue weighted by atomic mass is 32.1. The van der Waals surface area contributed by atoms with E-state index >= 15 is 0 Å². The molecule has 2 heterocycles. The van der Waals surface area contributed by atoms with Crippen molar-refractivity contribution in [2.75, 3.05) is 24.6 Å². The average molecular weight is 276 g/mol. The Hall–Kier alpha value is -0.760. The third-order valence-corrected chi connectivity index (χ3v) is 3.71. The van der Waals surface area contributed by atoms with Crippen molar-refractivity contribution in [2.24, 2.45) is 0 Å². The number of nitrogens with one attached hydrogen (secondary N) is 2. The Morgan fingerprint density at radius 2 is 1.53 bits per heavy atom. The Morgan fingerprint density at radius 3 is 1.88 bits per heavy atom. The molecule has 2 N–H and O–H groups in total. The average Bonchev–Trinajstić information content (AvgIpc) is 2.64. The molecule has 0 unspecified atom stereocenters. The van der Waals surface area contributed by atoms with Crippen LogP contribution in [0, 0.1) is 0 Å². The molecule has 2 aliphatic heterocycles. The van der Waals surface area contributed by atoms with E-state index in [4.69, 9.17) is 0 Å². The van der Waals surface area contributed by atoms with Gasteiger partial charge in [-0.25, -0.2) is 9.59 Å². The summed E-state index contributed by atoms with van der Waals surface area (Å²) in [5, 5.41) is 5.53. The number of urea groups is 2. The van der Waals surface area contributed by atoms with Crippen molar-refractivity contribution in [2.45, 2.75) is 18.8 Å². The normalized spacial score (nSPS) is 31.6. The van der Waals surface area contributed by atoms with Crippen molar-refractivity contribution in [1.29, 1.82) is 0 Å². The molecule has 0 aliphatic carbocycles. The summed E-state index contributed by atoms with van der Waals surface area (Å²) in [6, 6.07) is -0.341. The first-order valence-electron chi connectivity index (χ1n) is 5.43. The zero-order chi connectivity index (χ0) is 12.6. The number of hydrogen-bond donors (Lipinski definition) is 4.